The van der Waals surface area contributed by atoms with E-state index in [2.05, 4.69) is 46.9 Å². The van der Waals surface area contributed by atoms with Crippen LogP contribution in [-0.2, 0) is 20.6 Å². The summed E-state index contributed by atoms with van der Waals surface area (Å²) in [6.45, 7) is 4.78. The number of methoxy groups -OCH3 is 1. The largest absolute Gasteiger partial charge is 0.497 e. The fourth-order valence-corrected chi connectivity index (χ4v) is 9.49. The zero-order valence-corrected chi connectivity index (χ0v) is 42.5. The number of hydrogen-bond donors (Lipinski definition) is 0. The summed E-state index contributed by atoms with van der Waals surface area (Å²) < 4.78 is 10.6. The highest BCUT2D eigenvalue weighted by molar-refractivity contribution is 6.39. The molecule has 0 spiro atoms. The number of rotatable bonds is 8. The van der Waals surface area contributed by atoms with Crippen molar-refractivity contribution < 1.29 is 4.74 Å². The Labute approximate surface area is 435 Å². The lowest BCUT2D eigenvalue weighted by Crippen LogP contribution is -1.99. The standard InChI is InChI=1S/C19H15ClN4O.2C19H15ClN4/c1-24-19-15(17(23-24)13-9-6-10-14(11-13)25-2)16(20)18(21-22-19)12-7-4-3-5-8-12;1-12-7-6-10-14(11-12)18-16(20)15-17(13-8-4-3-5-9-13)23-24(2)19(15)22-21-18;1-2-24-19-15(17(23-24)13-9-5-3-6-10-13)16(20)18(21-22-19)14-11-7-4-8-12-14/h3-11H,1-2H3;3-11H,1-2H3;3-12H,2H2,1H3. The first-order valence-corrected chi connectivity index (χ1v) is 24.4. The van der Waals surface area contributed by atoms with E-state index in [1.165, 1.54) is 0 Å². The van der Waals surface area contributed by atoms with Gasteiger partial charge in [0.05, 0.1) is 38.3 Å². The van der Waals surface area contributed by atoms with Gasteiger partial charge in [0, 0.05) is 54.0 Å². The summed E-state index contributed by atoms with van der Waals surface area (Å²) in [7, 11) is 5.33. The van der Waals surface area contributed by atoms with Gasteiger partial charge >= 0.3 is 0 Å². The first-order chi connectivity index (χ1) is 35.6. The Balaban J connectivity index is 0.000000126. The molecular formula is C57H45Cl3N12O. The van der Waals surface area contributed by atoms with Crippen molar-refractivity contribution in [3.05, 3.63) is 190 Å². The summed E-state index contributed by atoms with van der Waals surface area (Å²) in [5.41, 5.74) is 13.4. The fraction of sp³-hybridized carbons (Fsp3) is 0.105. The van der Waals surface area contributed by atoms with Crippen LogP contribution in [0.4, 0.5) is 0 Å². The number of ether oxygens (including phenoxy) is 1. The monoisotopic (exact) mass is 1020 g/mol. The molecular weight excluding hydrogens is 975 g/mol. The summed E-state index contributed by atoms with van der Waals surface area (Å²) in [5.74, 6) is 0.762. The number of aromatic nitrogens is 12. The molecule has 0 saturated heterocycles. The van der Waals surface area contributed by atoms with Crippen LogP contribution < -0.4 is 4.74 Å². The van der Waals surface area contributed by atoms with Crippen molar-refractivity contribution in [3.63, 3.8) is 0 Å². The molecule has 0 amide bonds. The molecule has 0 aliphatic carbocycles. The topological polar surface area (TPSA) is 140 Å². The molecule has 6 heterocycles. The zero-order valence-electron chi connectivity index (χ0n) is 40.3. The van der Waals surface area contributed by atoms with Crippen LogP contribution in [0.25, 0.3) is 101 Å². The number of halogens is 3. The number of fused-ring (bicyclic) bond motifs is 3. The van der Waals surface area contributed by atoms with Gasteiger partial charge in [0.15, 0.2) is 16.9 Å². The van der Waals surface area contributed by atoms with E-state index in [9.17, 15) is 0 Å². The Kier molecular flexibility index (Phi) is 14.0. The molecule has 12 rings (SSSR count). The van der Waals surface area contributed by atoms with Gasteiger partial charge in [-0.2, -0.15) is 15.3 Å². The molecule has 73 heavy (non-hydrogen) atoms. The molecule has 6 aromatic carbocycles. The molecule has 0 radical (unpaired) electrons. The van der Waals surface area contributed by atoms with Crippen molar-refractivity contribution >= 4 is 67.9 Å². The Bertz CT molecular complexity index is 3900. The summed E-state index contributed by atoms with van der Waals surface area (Å²) >= 11 is 20.2. The number of hydrogen-bond acceptors (Lipinski definition) is 10. The molecule has 0 fully saturated rings. The molecule has 0 aliphatic heterocycles. The Morgan fingerprint density at radius 2 is 0.753 bits per heavy atom. The molecule has 0 unspecified atom stereocenters. The smallest absolute Gasteiger partial charge is 0.182 e. The van der Waals surface area contributed by atoms with Crippen molar-refractivity contribution in [1.82, 2.24) is 59.9 Å². The van der Waals surface area contributed by atoms with Gasteiger partial charge in [-0.1, -0.05) is 192 Å². The third-order valence-corrected chi connectivity index (χ3v) is 13.2. The van der Waals surface area contributed by atoms with Gasteiger partial charge in [-0.25, -0.2) is 14.0 Å². The van der Waals surface area contributed by atoms with Crippen LogP contribution in [0.15, 0.2) is 170 Å². The van der Waals surface area contributed by atoms with E-state index < -0.39 is 0 Å². The molecule has 6 aromatic heterocycles. The van der Waals surface area contributed by atoms with Gasteiger partial charge in [-0.15, -0.1) is 30.6 Å². The lowest BCUT2D eigenvalue weighted by atomic mass is 10.1. The summed E-state index contributed by atoms with van der Waals surface area (Å²) in [6.07, 6.45) is 0. The van der Waals surface area contributed by atoms with Gasteiger partial charge in [0.2, 0.25) is 0 Å². The van der Waals surface area contributed by atoms with E-state index in [1.807, 2.05) is 196 Å². The molecule has 16 heteroatoms. The van der Waals surface area contributed by atoms with Gasteiger partial charge in [0.25, 0.3) is 0 Å². The second-order valence-corrected chi connectivity index (χ2v) is 18.0. The minimum atomic E-state index is 0.544. The molecule has 13 nitrogen and oxygen atoms in total. The zero-order chi connectivity index (χ0) is 50.6. The minimum absolute atomic E-state index is 0.544. The second-order valence-electron chi connectivity index (χ2n) is 16.9. The highest BCUT2D eigenvalue weighted by Crippen LogP contribution is 2.40. The van der Waals surface area contributed by atoms with Gasteiger partial charge < -0.3 is 4.74 Å². The van der Waals surface area contributed by atoms with Crippen LogP contribution in [0.2, 0.25) is 15.1 Å². The van der Waals surface area contributed by atoms with Crippen LogP contribution in [0, 0.1) is 6.92 Å². The predicted molar refractivity (Wildman–Crippen MR) is 293 cm³/mol. The minimum Gasteiger partial charge on any atom is -0.497 e. The summed E-state index contributed by atoms with van der Waals surface area (Å²) in [6, 6.07) is 55.5. The number of nitrogens with zero attached hydrogens (tertiary/aromatic N) is 12. The Morgan fingerprint density at radius 3 is 1.19 bits per heavy atom. The van der Waals surface area contributed by atoms with E-state index in [4.69, 9.17) is 44.6 Å². The highest BCUT2D eigenvalue weighted by Gasteiger charge is 2.23. The van der Waals surface area contributed by atoms with E-state index in [0.29, 0.717) is 55.6 Å². The fourth-order valence-electron chi connectivity index (χ4n) is 8.53. The van der Waals surface area contributed by atoms with Crippen LogP contribution >= 0.6 is 34.8 Å². The van der Waals surface area contributed by atoms with Crippen molar-refractivity contribution in [2.45, 2.75) is 20.4 Å². The van der Waals surface area contributed by atoms with Gasteiger partial charge in [0.1, 0.15) is 39.9 Å². The molecule has 360 valence electrons. The van der Waals surface area contributed by atoms with Crippen LogP contribution in [-0.4, -0.2) is 67.0 Å². The quantitative estimate of drug-likeness (QED) is 0.144. The van der Waals surface area contributed by atoms with Gasteiger partial charge in [-0.05, 0) is 32.0 Å². The molecule has 0 aliphatic rings. The molecule has 0 bridgehead atoms. The first-order valence-electron chi connectivity index (χ1n) is 23.3. The van der Waals surface area contributed by atoms with Crippen molar-refractivity contribution in [2.75, 3.05) is 7.11 Å². The third-order valence-electron chi connectivity index (χ3n) is 12.1. The second kappa shape index (κ2) is 21.2. The average Bonchev–Trinajstić information content (AvgIpc) is 4.11. The van der Waals surface area contributed by atoms with Crippen LogP contribution in [0.3, 0.4) is 0 Å². The first kappa shape index (κ1) is 48.3. The van der Waals surface area contributed by atoms with E-state index in [0.717, 1.165) is 77.9 Å². The Morgan fingerprint density at radius 1 is 0.397 bits per heavy atom. The van der Waals surface area contributed by atoms with E-state index in [-0.39, 0.29) is 0 Å². The van der Waals surface area contributed by atoms with Crippen molar-refractivity contribution in [3.8, 4) is 73.3 Å². The van der Waals surface area contributed by atoms with Crippen LogP contribution in [0.5, 0.6) is 5.75 Å². The number of aryl methyl sites for hydroxylation is 4. The van der Waals surface area contributed by atoms with E-state index in [1.54, 1.807) is 16.5 Å². The van der Waals surface area contributed by atoms with Crippen molar-refractivity contribution in [1.29, 1.82) is 0 Å². The SMILES string of the molecule is CCn1nc(-c2ccccc2)c2c(Cl)c(-c3ccccc3)nnc21.COc1cccc(-c2nn(C)c3nnc(-c4ccccc4)c(Cl)c23)c1.Cc1cccc(-c2nnc3c(c(-c4ccccc4)nn3C)c2Cl)c1. The van der Waals surface area contributed by atoms with Crippen molar-refractivity contribution in [2.24, 2.45) is 14.1 Å². The van der Waals surface area contributed by atoms with Gasteiger partial charge in [-0.3, -0.25) is 0 Å². The maximum absolute atomic E-state index is 6.75. The molecule has 0 N–H and O–H groups in total. The summed E-state index contributed by atoms with van der Waals surface area (Å²) in [4.78, 5) is 0. The maximum atomic E-state index is 6.75. The average molecular weight is 1020 g/mol. The van der Waals surface area contributed by atoms with Crippen LogP contribution in [0.1, 0.15) is 12.5 Å². The van der Waals surface area contributed by atoms with E-state index >= 15 is 0 Å². The molecule has 0 atom stereocenters. The number of benzene rings is 6. The lowest BCUT2D eigenvalue weighted by Gasteiger charge is -2.06. The third kappa shape index (κ3) is 9.61. The maximum Gasteiger partial charge on any atom is 0.182 e. The normalized spacial score (nSPS) is 11.1. The molecule has 0 saturated carbocycles. The summed E-state index contributed by atoms with van der Waals surface area (Å²) in [5, 5.41) is 44.2. The Hall–Kier alpha value is -8.36. The predicted octanol–water partition coefficient (Wildman–Crippen LogP) is 13.9. The lowest BCUT2D eigenvalue weighted by molar-refractivity contribution is 0.415. The highest BCUT2D eigenvalue weighted by atomic mass is 35.5. The molecule has 12 aromatic rings.